The first-order valence-electron chi connectivity index (χ1n) is 9.66. The smallest absolute Gasteiger partial charge is 0.267 e. The van der Waals surface area contributed by atoms with Crippen LogP contribution in [0.5, 0.6) is 0 Å². The van der Waals surface area contributed by atoms with Gasteiger partial charge in [-0.1, -0.05) is 45.9 Å². The standard InChI is InChI=1S/C21H28N4O2/c1-5-10-25-20(27)17-9-7-6-8-16(17)18(24-25)19(26)23-22-15-11-14(2)12-21(3,4)13-15/h6-9,14H,5,10-13H2,1-4H3,(H,23,26)/b22-15-/t14-/m1/s1. The summed E-state index contributed by atoms with van der Waals surface area (Å²) in [7, 11) is 0. The van der Waals surface area contributed by atoms with Gasteiger partial charge in [-0.05, 0) is 43.1 Å². The number of hydrazone groups is 1. The summed E-state index contributed by atoms with van der Waals surface area (Å²) in [6.45, 7) is 9.13. The molecule has 1 aliphatic carbocycles. The summed E-state index contributed by atoms with van der Waals surface area (Å²) in [5, 5.41) is 9.79. The maximum atomic E-state index is 12.8. The highest BCUT2D eigenvalue weighted by Gasteiger charge is 2.29. The van der Waals surface area contributed by atoms with Crippen LogP contribution in [-0.4, -0.2) is 21.4 Å². The predicted octanol–water partition coefficient (Wildman–Crippen LogP) is 3.74. The lowest BCUT2D eigenvalue weighted by molar-refractivity contribution is 0.0948. The first kappa shape index (κ1) is 19.3. The Morgan fingerprint density at radius 2 is 2.04 bits per heavy atom. The second-order valence-corrected chi connectivity index (χ2v) is 8.40. The van der Waals surface area contributed by atoms with Gasteiger partial charge in [0.2, 0.25) is 0 Å². The van der Waals surface area contributed by atoms with Gasteiger partial charge in [0, 0.05) is 17.6 Å². The lowest BCUT2D eigenvalue weighted by atomic mass is 9.72. The van der Waals surface area contributed by atoms with E-state index in [0.29, 0.717) is 23.2 Å². The van der Waals surface area contributed by atoms with Crippen LogP contribution in [0.4, 0.5) is 0 Å². The molecule has 1 aliphatic rings. The highest BCUT2D eigenvalue weighted by Crippen LogP contribution is 2.36. The van der Waals surface area contributed by atoms with Crippen LogP contribution in [0.15, 0.2) is 34.2 Å². The zero-order valence-electron chi connectivity index (χ0n) is 16.6. The summed E-state index contributed by atoms with van der Waals surface area (Å²) < 4.78 is 1.37. The SMILES string of the molecule is CCCn1nc(C(=O)N/N=C2/C[C@@H](C)CC(C)(C)C2)c2ccccc2c1=O. The summed E-state index contributed by atoms with van der Waals surface area (Å²) in [6, 6.07) is 7.10. The number of nitrogens with zero attached hydrogens (tertiary/aromatic N) is 3. The molecule has 1 heterocycles. The summed E-state index contributed by atoms with van der Waals surface area (Å²) in [5.41, 5.74) is 3.96. The minimum absolute atomic E-state index is 0.168. The molecular weight excluding hydrogens is 340 g/mol. The third-order valence-electron chi connectivity index (χ3n) is 5.00. The van der Waals surface area contributed by atoms with E-state index in [0.717, 1.165) is 31.4 Å². The molecule has 6 heteroatoms. The van der Waals surface area contributed by atoms with Gasteiger partial charge in [-0.25, -0.2) is 10.1 Å². The van der Waals surface area contributed by atoms with Gasteiger partial charge in [0.25, 0.3) is 11.5 Å². The molecule has 0 aliphatic heterocycles. The highest BCUT2D eigenvalue weighted by molar-refractivity contribution is 6.05. The van der Waals surface area contributed by atoms with Crippen molar-refractivity contribution in [1.29, 1.82) is 0 Å². The van der Waals surface area contributed by atoms with E-state index in [1.54, 1.807) is 18.2 Å². The van der Waals surface area contributed by atoms with Crippen LogP contribution >= 0.6 is 0 Å². The number of aryl methyl sites for hydroxylation is 1. The van der Waals surface area contributed by atoms with Crippen LogP contribution in [0.2, 0.25) is 0 Å². The molecule has 1 amide bonds. The fraction of sp³-hybridized carbons (Fsp3) is 0.524. The molecule has 0 spiro atoms. The summed E-state index contributed by atoms with van der Waals surface area (Å²) >= 11 is 0. The van der Waals surface area contributed by atoms with Crippen molar-refractivity contribution in [1.82, 2.24) is 15.2 Å². The number of hydrogen-bond donors (Lipinski definition) is 1. The van der Waals surface area contributed by atoms with Gasteiger partial charge in [0.15, 0.2) is 5.69 Å². The first-order chi connectivity index (χ1) is 12.8. The monoisotopic (exact) mass is 368 g/mol. The minimum Gasteiger partial charge on any atom is -0.267 e. The van der Waals surface area contributed by atoms with Gasteiger partial charge in [-0.15, -0.1) is 0 Å². The number of fused-ring (bicyclic) bond motifs is 1. The summed E-state index contributed by atoms with van der Waals surface area (Å²) in [4.78, 5) is 25.4. The molecule has 27 heavy (non-hydrogen) atoms. The van der Waals surface area contributed by atoms with E-state index in [1.807, 2.05) is 13.0 Å². The Morgan fingerprint density at radius 1 is 1.33 bits per heavy atom. The van der Waals surface area contributed by atoms with Crippen molar-refractivity contribution in [2.75, 3.05) is 0 Å². The molecule has 1 aromatic heterocycles. The third kappa shape index (κ3) is 4.26. The number of carbonyl (C=O) groups is 1. The van der Waals surface area contributed by atoms with Crippen molar-refractivity contribution in [2.24, 2.45) is 16.4 Å². The second kappa shape index (κ2) is 7.62. The highest BCUT2D eigenvalue weighted by atomic mass is 16.2. The molecule has 0 saturated heterocycles. The Hall–Kier alpha value is -2.50. The maximum Gasteiger partial charge on any atom is 0.292 e. The Balaban J connectivity index is 1.93. The number of amides is 1. The van der Waals surface area contributed by atoms with Crippen LogP contribution in [0, 0.1) is 11.3 Å². The van der Waals surface area contributed by atoms with E-state index in [9.17, 15) is 9.59 Å². The Labute approximate surface area is 159 Å². The van der Waals surface area contributed by atoms with Crippen LogP contribution < -0.4 is 11.0 Å². The average molecular weight is 368 g/mol. The predicted molar refractivity (Wildman–Crippen MR) is 108 cm³/mol. The van der Waals surface area contributed by atoms with E-state index in [1.165, 1.54) is 4.68 Å². The topological polar surface area (TPSA) is 76.3 Å². The number of hydrogen-bond acceptors (Lipinski definition) is 4. The molecule has 1 fully saturated rings. The maximum absolute atomic E-state index is 12.8. The molecule has 0 radical (unpaired) electrons. The lowest BCUT2D eigenvalue weighted by Gasteiger charge is -2.34. The van der Waals surface area contributed by atoms with E-state index in [4.69, 9.17) is 0 Å². The van der Waals surface area contributed by atoms with Gasteiger partial charge in [0.05, 0.1) is 5.39 Å². The molecule has 1 aromatic carbocycles. The van der Waals surface area contributed by atoms with Crippen LogP contribution in [0.3, 0.4) is 0 Å². The van der Waals surface area contributed by atoms with Gasteiger partial charge >= 0.3 is 0 Å². The van der Waals surface area contributed by atoms with Gasteiger partial charge in [0.1, 0.15) is 0 Å². The van der Waals surface area contributed by atoms with E-state index >= 15 is 0 Å². The van der Waals surface area contributed by atoms with Gasteiger partial charge in [-0.3, -0.25) is 9.59 Å². The summed E-state index contributed by atoms with van der Waals surface area (Å²) in [6.07, 6.45) is 3.70. The Morgan fingerprint density at radius 3 is 2.70 bits per heavy atom. The second-order valence-electron chi connectivity index (χ2n) is 8.40. The van der Waals surface area contributed by atoms with Crippen molar-refractivity contribution in [3.63, 3.8) is 0 Å². The van der Waals surface area contributed by atoms with Crippen molar-refractivity contribution in [3.05, 3.63) is 40.3 Å². The molecule has 0 bridgehead atoms. The quantitative estimate of drug-likeness (QED) is 0.835. The first-order valence-corrected chi connectivity index (χ1v) is 9.66. The van der Waals surface area contributed by atoms with E-state index in [-0.39, 0.29) is 22.6 Å². The molecule has 1 saturated carbocycles. The largest absolute Gasteiger partial charge is 0.292 e. The number of rotatable bonds is 4. The number of nitrogens with one attached hydrogen (secondary N) is 1. The fourth-order valence-electron chi connectivity index (χ4n) is 4.15. The van der Waals surface area contributed by atoms with E-state index in [2.05, 4.69) is 36.4 Å². The molecular formula is C21H28N4O2. The zero-order chi connectivity index (χ0) is 19.6. The van der Waals surface area contributed by atoms with E-state index < -0.39 is 0 Å². The molecule has 3 rings (SSSR count). The third-order valence-corrected chi connectivity index (χ3v) is 5.00. The fourth-order valence-corrected chi connectivity index (χ4v) is 4.15. The van der Waals surface area contributed by atoms with Gasteiger partial charge in [-0.2, -0.15) is 10.2 Å². The van der Waals surface area contributed by atoms with Crippen molar-refractivity contribution < 1.29 is 4.79 Å². The zero-order valence-corrected chi connectivity index (χ0v) is 16.6. The lowest BCUT2D eigenvalue weighted by Crippen LogP contribution is -2.31. The molecule has 1 atom stereocenters. The minimum atomic E-state index is -0.375. The Bertz CT molecular complexity index is 943. The molecule has 0 unspecified atom stereocenters. The number of benzene rings is 1. The number of carbonyl (C=O) groups excluding carboxylic acids is 1. The van der Waals surface area contributed by atoms with Crippen LogP contribution in [-0.2, 0) is 6.54 Å². The molecule has 1 N–H and O–H groups in total. The average Bonchev–Trinajstić information content (AvgIpc) is 2.60. The normalized spacial score (nSPS) is 20.7. The van der Waals surface area contributed by atoms with Gasteiger partial charge < -0.3 is 0 Å². The van der Waals surface area contributed by atoms with Crippen molar-refractivity contribution >= 4 is 22.4 Å². The van der Waals surface area contributed by atoms with Crippen LogP contribution in [0.25, 0.3) is 10.8 Å². The van der Waals surface area contributed by atoms with Crippen molar-refractivity contribution in [2.45, 2.75) is 59.9 Å². The Kier molecular flexibility index (Phi) is 5.44. The van der Waals surface area contributed by atoms with Crippen molar-refractivity contribution in [3.8, 4) is 0 Å². The summed E-state index contributed by atoms with van der Waals surface area (Å²) in [5.74, 6) is 0.175. The molecule has 6 nitrogen and oxygen atoms in total. The molecule has 144 valence electrons. The molecule has 2 aromatic rings. The van der Waals surface area contributed by atoms with Crippen LogP contribution in [0.1, 0.15) is 63.9 Å². The number of aromatic nitrogens is 2.